The normalized spacial score (nSPS) is 15.6. The van der Waals surface area contributed by atoms with Crippen molar-refractivity contribution < 1.29 is 28.2 Å². The van der Waals surface area contributed by atoms with Gasteiger partial charge in [-0.3, -0.25) is 4.68 Å². The van der Waals surface area contributed by atoms with Crippen LogP contribution >= 0.6 is 0 Å². The van der Waals surface area contributed by atoms with E-state index in [1.807, 2.05) is 12.1 Å². The number of carbonyl (C=O) groups is 1. The van der Waals surface area contributed by atoms with Crippen LogP contribution in [0.1, 0.15) is 35.9 Å². The van der Waals surface area contributed by atoms with Crippen LogP contribution in [0.5, 0.6) is 5.75 Å². The number of benzene rings is 3. The van der Waals surface area contributed by atoms with E-state index in [1.54, 1.807) is 6.07 Å². The van der Waals surface area contributed by atoms with Crippen LogP contribution in [-0.2, 0) is 9.53 Å². The third kappa shape index (κ3) is 5.25. The fraction of sp³-hybridized carbons (Fsp3) is 0.310. The number of ether oxygens (including phenoxy) is 2. The van der Waals surface area contributed by atoms with Crippen molar-refractivity contribution in [2.75, 3.05) is 34.0 Å². The van der Waals surface area contributed by atoms with Crippen LogP contribution in [0.3, 0.4) is 0 Å². The third-order valence-electron chi connectivity index (χ3n) is 7.12. The van der Waals surface area contributed by atoms with Gasteiger partial charge in [0.05, 0.1) is 5.52 Å². The average molecular weight is 522 g/mol. The molecular weight excluding hydrogens is 492 g/mol. The molecule has 1 saturated heterocycles. The lowest BCUT2D eigenvalue weighted by Gasteiger charge is -2.29. The van der Waals surface area contributed by atoms with Crippen molar-refractivity contribution in [1.82, 2.24) is 14.7 Å². The van der Waals surface area contributed by atoms with E-state index >= 15 is 4.39 Å². The van der Waals surface area contributed by atoms with Gasteiger partial charge in [0, 0.05) is 29.8 Å². The smallest absolute Gasteiger partial charge is 0.333 e. The highest BCUT2D eigenvalue weighted by Gasteiger charge is 2.28. The number of carboxylic acids is 1. The molecule has 3 aromatic carbocycles. The van der Waals surface area contributed by atoms with Crippen LogP contribution in [-0.4, -0.2) is 59.8 Å². The first-order chi connectivity index (χ1) is 18.3. The number of aromatic nitrogens is 2. The van der Waals surface area contributed by atoms with E-state index in [4.69, 9.17) is 9.47 Å². The number of halogens is 2. The molecule has 7 nitrogen and oxygen atoms in total. The lowest BCUT2D eigenvalue weighted by Crippen LogP contribution is -2.29. The van der Waals surface area contributed by atoms with E-state index in [1.165, 1.54) is 41.8 Å². The quantitative estimate of drug-likeness (QED) is 0.311. The molecule has 1 N–H and O–H groups in total. The molecule has 198 valence electrons. The summed E-state index contributed by atoms with van der Waals surface area (Å²) in [7, 11) is 3.55. The topological polar surface area (TPSA) is 76.8 Å². The van der Waals surface area contributed by atoms with E-state index in [0.717, 1.165) is 32.0 Å². The van der Waals surface area contributed by atoms with Crippen molar-refractivity contribution in [3.8, 4) is 16.9 Å². The van der Waals surface area contributed by atoms with Crippen LogP contribution in [0.25, 0.3) is 22.0 Å². The molecule has 0 saturated carbocycles. The van der Waals surface area contributed by atoms with Crippen molar-refractivity contribution in [1.29, 1.82) is 0 Å². The molecule has 1 aromatic heterocycles. The van der Waals surface area contributed by atoms with Gasteiger partial charge >= 0.3 is 5.97 Å². The van der Waals surface area contributed by atoms with Gasteiger partial charge in [-0.2, -0.15) is 5.10 Å². The number of carboxylic acid groups (broad SMARTS) is 1. The summed E-state index contributed by atoms with van der Waals surface area (Å²) in [4.78, 5) is 14.6. The first-order valence-corrected chi connectivity index (χ1v) is 12.5. The maximum absolute atomic E-state index is 15.2. The Morgan fingerprint density at radius 3 is 2.53 bits per heavy atom. The van der Waals surface area contributed by atoms with Crippen molar-refractivity contribution >= 4 is 16.9 Å². The lowest BCUT2D eigenvalue weighted by molar-refractivity contribution is -0.139. The Morgan fingerprint density at radius 1 is 1.11 bits per heavy atom. The van der Waals surface area contributed by atoms with Crippen molar-refractivity contribution in [3.63, 3.8) is 0 Å². The molecule has 0 amide bonds. The number of hydrogen-bond donors (Lipinski definition) is 1. The van der Waals surface area contributed by atoms with Crippen LogP contribution in [0, 0.1) is 11.6 Å². The molecule has 4 aromatic rings. The number of methoxy groups -OCH3 is 1. The lowest BCUT2D eigenvalue weighted by atomic mass is 9.88. The number of aliphatic carboxylic acids is 1. The van der Waals surface area contributed by atoms with Crippen LogP contribution in [0.4, 0.5) is 8.78 Å². The molecule has 2 heterocycles. The Hall–Kier alpha value is -3.82. The predicted molar refractivity (Wildman–Crippen MR) is 139 cm³/mol. The molecule has 1 aliphatic rings. The van der Waals surface area contributed by atoms with Crippen LogP contribution in [0.15, 0.2) is 60.8 Å². The molecule has 0 bridgehead atoms. The zero-order valence-electron chi connectivity index (χ0n) is 21.2. The zero-order valence-corrected chi connectivity index (χ0v) is 21.2. The van der Waals surface area contributed by atoms with E-state index in [9.17, 15) is 14.3 Å². The maximum atomic E-state index is 15.2. The Kier molecular flexibility index (Phi) is 7.40. The molecule has 5 rings (SSSR count). The second kappa shape index (κ2) is 10.9. The number of fused-ring (bicyclic) bond motifs is 1. The van der Waals surface area contributed by atoms with Crippen molar-refractivity contribution in [2.24, 2.45) is 0 Å². The monoisotopic (exact) mass is 521 g/mol. The Bertz CT molecular complexity index is 1450. The van der Waals surface area contributed by atoms with E-state index in [0.29, 0.717) is 27.9 Å². The summed E-state index contributed by atoms with van der Waals surface area (Å²) in [5.41, 5.74) is 2.82. The second-order valence-corrected chi connectivity index (χ2v) is 9.67. The molecule has 9 heteroatoms. The summed E-state index contributed by atoms with van der Waals surface area (Å²) in [6.07, 6.45) is 3.64. The standard InChI is InChI=1S/C29H29F2N3O4/c1-33-11-9-19(10-12-33)18-3-5-20(6-4-18)23-15-26-21(13-25(23)31)16-34(32-26)28(29(35)36)24-14-22(30)7-8-27(24)38-17-37-2/h3-8,13-16,19,28H,9-12,17H2,1-2H3,(H,35,36). The number of hydrogen-bond acceptors (Lipinski definition) is 5. The first-order valence-electron chi connectivity index (χ1n) is 12.5. The van der Waals surface area contributed by atoms with Crippen LogP contribution in [0.2, 0.25) is 0 Å². The third-order valence-corrected chi connectivity index (χ3v) is 7.12. The largest absolute Gasteiger partial charge is 0.479 e. The number of piperidine rings is 1. The van der Waals surface area contributed by atoms with Gasteiger partial charge in [-0.1, -0.05) is 24.3 Å². The van der Waals surface area contributed by atoms with Gasteiger partial charge < -0.3 is 19.5 Å². The molecule has 0 aliphatic carbocycles. The predicted octanol–water partition coefficient (Wildman–Crippen LogP) is 5.45. The molecular formula is C29H29F2N3O4. The molecule has 1 atom stereocenters. The second-order valence-electron chi connectivity index (χ2n) is 9.67. The van der Waals surface area contributed by atoms with Gasteiger partial charge in [0.2, 0.25) is 0 Å². The molecule has 38 heavy (non-hydrogen) atoms. The van der Waals surface area contributed by atoms with E-state index in [2.05, 4.69) is 29.2 Å². The minimum absolute atomic E-state index is 0.0625. The fourth-order valence-corrected chi connectivity index (χ4v) is 5.07. The number of rotatable bonds is 8. The van der Waals surface area contributed by atoms with Crippen molar-refractivity contribution in [2.45, 2.75) is 24.8 Å². The molecule has 1 aliphatic heterocycles. The highest BCUT2D eigenvalue weighted by molar-refractivity contribution is 5.85. The SMILES string of the molecule is COCOc1ccc(F)cc1C(C(=O)O)n1cc2cc(F)c(-c3ccc(C4CCN(C)CC4)cc3)cc2n1. The summed E-state index contributed by atoms with van der Waals surface area (Å²) in [5.74, 6) is -1.68. The molecule has 1 fully saturated rings. The maximum Gasteiger partial charge on any atom is 0.333 e. The number of likely N-dealkylation sites (tertiary alicyclic amines) is 1. The van der Waals surface area contributed by atoms with Gasteiger partial charge in [0.1, 0.15) is 17.4 Å². The van der Waals surface area contributed by atoms with Gasteiger partial charge in [-0.05, 0) is 80.4 Å². The summed E-state index contributed by atoms with van der Waals surface area (Å²) in [5, 5.41) is 14.9. The average Bonchev–Trinajstić information content (AvgIpc) is 3.30. The molecule has 1 unspecified atom stereocenters. The van der Waals surface area contributed by atoms with Gasteiger partial charge in [-0.25, -0.2) is 13.6 Å². The fourth-order valence-electron chi connectivity index (χ4n) is 5.07. The first kappa shape index (κ1) is 25.8. The minimum atomic E-state index is -1.40. The van der Waals surface area contributed by atoms with E-state index < -0.39 is 23.6 Å². The summed E-state index contributed by atoms with van der Waals surface area (Å²) < 4.78 is 40.9. The van der Waals surface area contributed by atoms with Gasteiger partial charge in [0.25, 0.3) is 0 Å². The van der Waals surface area contributed by atoms with Crippen molar-refractivity contribution in [3.05, 3.63) is 83.6 Å². The molecule has 0 spiro atoms. The molecule has 0 radical (unpaired) electrons. The number of nitrogens with zero attached hydrogens (tertiary/aromatic N) is 3. The highest BCUT2D eigenvalue weighted by Crippen LogP contribution is 2.34. The van der Waals surface area contributed by atoms with E-state index in [-0.39, 0.29) is 18.1 Å². The summed E-state index contributed by atoms with van der Waals surface area (Å²) >= 11 is 0. The highest BCUT2D eigenvalue weighted by atomic mass is 19.1. The van der Waals surface area contributed by atoms with Gasteiger partial charge in [0.15, 0.2) is 12.8 Å². The Balaban J connectivity index is 1.48. The summed E-state index contributed by atoms with van der Waals surface area (Å²) in [6.45, 7) is 1.98. The van der Waals surface area contributed by atoms with Crippen LogP contribution < -0.4 is 4.74 Å². The minimum Gasteiger partial charge on any atom is -0.479 e. The van der Waals surface area contributed by atoms with Gasteiger partial charge in [-0.15, -0.1) is 0 Å². The zero-order chi connectivity index (χ0) is 26.8. The Labute approximate surface area is 219 Å². The Morgan fingerprint density at radius 2 is 1.84 bits per heavy atom. The summed E-state index contributed by atoms with van der Waals surface area (Å²) in [6, 6.07) is 13.1.